The molecule has 20 heavy (non-hydrogen) atoms. The molecule has 4 nitrogen and oxygen atoms in total. The van der Waals surface area contributed by atoms with E-state index in [-0.39, 0.29) is 5.91 Å². The van der Waals surface area contributed by atoms with Gasteiger partial charge in [-0.2, -0.15) is 0 Å². The minimum atomic E-state index is -0.254. The molecule has 0 saturated carbocycles. The van der Waals surface area contributed by atoms with Crippen molar-refractivity contribution in [2.45, 2.75) is 0 Å². The number of ether oxygens (including phenoxy) is 2. The molecular weight excluding hydrogens is 254 g/mol. The number of fused-ring (bicyclic) bond motifs is 2. The van der Waals surface area contributed by atoms with E-state index < -0.39 is 0 Å². The standard InChI is InChI=1S/C16H13NO3/c1-10-12-5-3-4-6-14(12)20-15-8-7-11(19-2)9-13(15)17-16(10)18/h3-9H,1H2,2H3,(H,17,18). The fourth-order valence-corrected chi connectivity index (χ4v) is 2.07. The Balaban J connectivity index is 2.15. The van der Waals surface area contributed by atoms with E-state index in [1.54, 1.807) is 25.3 Å². The maximum Gasteiger partial charge on any atom is 0.255 e. The number of anilines is 1. The summed E-state index contributed by atoms with van der Waals surface area (Å²) < 4.78 is 11.0. The summed E-state index contributed by atoms with van der Waals surface area (Å²) in [5.41, 5.74) is 1.62. The van der Waals surface area contributed by atoms with Crippen molar-refractivity contribution in [1.82, 2.24) is 0 Å². The minimum Gasteiger partial charge on any atom is -0.497 e. The summed E-state index contributed by atoms with van der Waals surface area (Å²) in [5.74, 6) is 1.57. The Bertz CT molecular complexity index is 707. The molecular formula is C16H13NO3. The summed E-state index contributed by atoms with van der Waals surface area (Å²) >= 11 is 0. The number of carbonyl (C=O) groups excluding carboxylic acids is 1. The van der Waals surface area contributed by atoms with Crippen LogP contribution in [0.4, 0.5) is 5.69 Å². The number of hydrogen-bond acceptors (Lipinski definition) is 3. The van der Waals surface area contributed by atoms with E-state index in [0.717, 1.165) is 0 Å². The Morgan fingerprint density at radius 2 is 1.95 bits per heavy atom. The molecule has 1 N–H and O–H groups in total. The van der Waals surface area contributed by atoms with Crippen LogP contribution in [0.2, 0.25) is 0 Å². The van der Waals surface area contributed by atoms with Gasteiger partial charge in [-0.3, -0.25) is 4.79 Å². The van der Waals surface area contributed by atoms with Crippen molar-refractivity contribution in [2.24, 2.45) is 0 Å². The Kier molecular flexibility index (Phi) is 2.91. The van der Waals surface area contributed by atoms with Gasteiger partial charge in [-0.25, -0.2) is 0 Å². The van der Waals surface area contributed by atoms with Gasteiger partial charge in [0.2, 0.25) is 0 Å². The molecule has 1 aliphatic rings. The third-order valence-corrected chi connectivity index (χ3v) is 3.14. The van der Waals surface area contributed by atoms with Gasteiger partial charge in [0.1, 0.15) is 11.5 Å². The molecule has 0 aliphatic carbocycles. The highest BCUT2D eigenvalue weighted by molar-refractivity contribution is 6.25. The summed E-state index contributed by atoms with van der Waals surface area (Å²) in [6, 6.07) is 12.6. The van der Waals surface area contributed by atoms with Crippen molar-refractivity contribution in [3.8, 4) is 17.2 Å². The van der Waals surface area contributed by atoms with Gasteiger partial charge in [-0.1, -0.05) is 24.8 Å². The van der Waals surface area contributed by atoms with Gasteiger partial charge in [-0.05, 0) is 18.2 Å². The minimum absolute atomic E-state index is 0.254. The number of carbonyl (C=O) groups is 1. The van der Waals surface area contributed by atoms with Crippen LogP contribution in [-0.2, 0) is 4.79 Å². The molecule has 1 amide bonds. The summed E-state index contributed by atoms with van der Waals surface area (Å²) in [5, 5.41) is 2.78. The Labute approximate surface area is 116 Å². The molecule has 2 aromatic rings. The van der Waals surface area contributed by atoms with Gasteiger partial charge in [0, 0.05) is 17.2 Å². The first-order valence-electron chi connectivity index (χ1n) is 6.14. The molecule has 4 heteroatoms. The van der Waals surface area contributed by atoms with Crippen LogP contribution in [0.15, 0.2) is 49.0 Å². The van der Waals surface area contributed by atoms with E-state index in [0.29, 0.717) is 34.1 Å². The molecule has 0 atom stereocenters. The predicted octanol–water partition coefficient (Wildman–Crippen LogP) is 3.45. The lowest BCUT2D eigenvalue weighted by Gasteiger charge is -2.20. The van der Waals surface area contributed by atoms with Gasteiger partial charge in [0.15, 0.2) is 5.75 Å². The molecule has 0 bridgehead atoms. The normalized spacial score (nSPS) is 13.2. The second-order valence-corrected chi connectivity index (χ2v) is 4.39. The second-order valence-electron chi connectivity index (χ2n) is 4.39. The first kappa shape index (κ1) is 12.3. The van der Waals surface area contributed by atoms with Crippen molar-refractivity contribution in [3.05, 3.63) is 54.6 Å². The van der Waals surface area contributed by atoms with E-state index in [1.807, 2.05) is 24.3 Å². The first-order valence-corrected chi connectivity index (χ1v) is 6.14. The zero-order valence-corrected chi connectivity index (χ0v) is 11.0. The zero-order valence-electron chi connectivity index (χ0n) is 11.0. The number of benzene rings is 2. The van der Waals surface area contributed by atoms with Crippen LogP contribution < -0.4 is 14.8 Å². The highest BCUT2D eigenvalue weighted by Gasteiger charge is 2.20. The lowest BCUT2D eigenvalue weighted by Crippen LogP contribution is -2.16. The van der Waals surface area contributed by atoms with E-state index in [2.05, 4.69) is 11.9 Å². The molecule has 0 aromatic heterocycles. The van der Waals surface area contributed by atoms with E-state index in [9.17, 15) is 4.79 Å². The largest absolute Gasteiger partial charge is 0.497 e. The van der Waals surface area contributed by atoms with Crippen LogP contribution in [-0.4, -0.2) is 13.0 Å². The lowest BCUT2D eigenvalue weighted by molar-refractivity contribution is -0.111. The summed E-state index contributed by atoms with van der Waals surface area (Å²) in [6.45, 7) is 3.83. The number of methoxy groups -OCH3 is 1. The number of hydrogen-bond donors (Lipinski definition) is 1. The van der Waals surface area contributed by atoms with Crippen LogP contribution in [0.5, 0.6) is 17.2 Å². The third-order valence-electron chi connectivity index (χ3n) is 3.14. The van der Waals surface area contributed by atoms with E-state index in [4.69, 9.17) is 9.47 Å². The molecule has 0 fully saturated rings. The fourth-order valence-electron chi connectivity index (χ4n) is 2.07. The van der Waals surface area contributed by atoms with Gasteiger partial charge >= 0.3 is 0 Å². The number of para-hydroxylation sites is 1. The monoisotopic (exact) mass is 267 g/mol. The molecule has 0 unspecified atom stereocenters. The van der Waals surface area contributed by atoms with Crippen molar-refractivity contribution in [1.29, 1.82) is 0 Å². The lowest BCUT2D eigenvalue weighted by atomic mass is 10.0. The Hall–Kier alpha value is -2.75. The Morgan fingerprint density at radius 3 is 2.75 bits per heavy atom. The molecule has 0 saturated heterocycles. The first-order chi connectivity index (χ1) is 9.69. The van der Waals surface area contributed by atoms with Gasteiger partial charge in [0.25, 0.3) is 5.91 Å². The van der Waals surface area contributed by atoms with Crippen molar-refractivity contribution in [3.63, 3.8) is 0 Å². The highest BCUT2D eigenvalue weighted by Crippen LogP contribution is 2.38. The molecule has 100 valence electrons. The second kappa shape index (κ2) is 4.74. The van der Waals surface area contributed by atoms with E-state index in [1.165, 1.54) is 0 Å². The predicted molar refractivity (Wildman–Crippen MR) is 77.2 cm³/mol. The topological polar surface area (TPSA) is 47.6 Å². The quantitative estimate of drug-likeness (QED) is 0.805. The summed E-state index contributed by atoms with van der Waals surface area (Å²) in [6.07, 6.45) is 0. The van der Waals surface area contributed by atoms with E-state index >= 15 is 0 Å². The third kappa shape index (κ3) is 2.01. The van der Waals surface area contributed by atoms with Crippen LogP contribution in [0.1, 0.15) is 5.56 Å². The molecule has 2 aromatic carbocycles. The molecule has 3 rings (SSSR count). The van der Waals surface area contributed by atoms with Gasteiger partial charge in [0.05, 0.1) is 12.8 Å². The maximum absolute atomic E-state index is 12.2. The molecule has 1 heterocycles. The number of rotatable bonds is 1. The average Bonchev–Trinajstić information content (AvgIpc) is 2.47. The SMILES string of the molecule is C=C1C(=O)Nc2cc(OC)ccc2Oc2ccccc21. The van der Waals surface area contributed by atoms with Crippen molar-refractivity contribution in [2.75, 3.05) is 12.4 Å². The molecule has 1 aliphatic heterocycles. The number of amides is 1. The van der Waals surface area contributed by atoms with Crippen LogP contribution >= 0.6 is 0 Å². The van der Waals surface area contributed by atoms with Crippen LogP contribution in [0, 0.1) is 0 Å². The Morgan fingerprint density at radius 1 is 1.15 bits per heavy atom. The number of nitrogens with one attached hydrogen (secondary N) is 1. The van der Waals surface area contributed by atoms with Crippen molar-refractivity contribution < 1.29 is 14.3 Å². The van der Waals surface area contributed by atoms with Gasteiger partial charge in [-0.15, -0.1) is 0 Å². The van der Waals surface area contributed by atoms with Crippen LogP contribution in [0.3, 0.4) is 0 Å². The maximum atomic E-state index is 12.2. The summed E-state index contributed by atoms with van der Waals surface area (Å²) in [4.78, 5) is 12.2. The summed E-state index contributed by atoms with van der Waals surface area (Å²) in [7, 11) is 1.57. The fraction of sp³-hybridized carbons (Fsp3) is 0.0625. The molecule has 0 spiro atoms. The highest BCUT2D eigenvalue weighted by atomic mass is 16.5. The van der Waals surface area contributed by atoms with Crippen LogP contribution in [0.25, 0.3) is 5.57 Å². The van der Waals surface area contributed by atoms with Gasteiger partial charge < -0.3 is 14.8 Å². The molecule has 0 radical (unpaired) electrons. The smallest absolute Gasteiger partial charge is 0.255 e. The average molecular weight is 267 g/mol. The zero-order chi connectivity index (χ0) is 14.1. The van der Waals surface area contributed by atoms with Crippen molar-refractivity contribution >= 4 is 17.2 Å².